The Bertz CT molecular complexity index is 801. The van der Waals surface area contributed by atoms with E-state index in [1.54, 1.807) is 0 Å². The molecule has 0 saturated carbocycles. The van der Waals surface area contributed by atoms with Crippen LogP contribution in [0.2, 0.25) is 0 Å². The summed E-state index contributed by atoms with van der Waals surface area (Å²) in [5.41, 5.74) is 3.63. The van der Waals surface area contributed by atoms with Crippen molar-refractivity contribution in [3.8, 4) is 0 Å². The molecule has 1 amide bonds. The van der Waals surface area contributed by atoms with Crippen LogP contribution in [-0.2, 0) is 18.3 Å². The van der Waals surface area contributed by atoms with Gasteiger partial charge < -0.3 is 9.47 Å². The van der Waals surface area contributed by atoms with Crippen molar-refractivity contribution in [3.05, 3.63) is 41.6 Å². The van der Waals surface area contributed by atoms with Crippen LogP contribution in [0.25, 0.3) is 17.0 Å². The molecule has 0 unspecified atom stereocenters. The summed E-state index contributed by atoms with van der Waals surface area (Å²) in [6.45, 7) is 3.89. The second kappa shape index (κ2) is 5.26. The van der Waals surface area contributed by atoms with Crippen molar-refractivity contribution in [3.63, 3.8) is 0 Å². The van der Waals surface area contributed by atoms with E-state index in [-0.39, 0.29) is 5.41 Å². The van der Waals surface area contributed by atoms with E-state index in [1.165, 1.54) is 22.2 Å². The molecule has 2 aromatic rings. The van der Waals surface area contributed by atoms with Gasteiger partial charge in [-0.3, -0.25) is 4.79 Å². The van der Waals surface area contributed by atoms with Crippen LogP contribution in [0.3, 0.4) is 0 Å². The van der Waals surface area contributed by atoms with Gasteiger partial charge in [-0.05, 0) is 43.4 Å². The molecule has 23 heavy (non-hydrogen) atoms. The molecule has 1 fully saturated rings. The van der Waals surface area contributed by atoms with E-state index in [2.05, 4.69) is 59.9 Å². The molecule has 1 saturated heterocycles. The van der Waals surface area contributed by atoms with Gasteiger partial charge in [0.2, 0.25) is 5.91 Å². The number of benzene rings is 1. The van der Waals surface area contributed by atoms with Crippen molar-refractivity contribution in [1.82, 2.24) is 9.47 Å². The zero-order chi connectivity index (χ0) is 16.0. The summed E-state index contributed by atoms with van der Waals surface area (Å²) in [7, 11) is 2.14. The molecule has 1 atom stereocenters. The lowest BCUT2D eigenvalue weighted by molar-refractivity contribution is -0.143. The number of fused-ring (bicyclic) bond motifs is 5. The molecule has 4 rings (SSSR count). The van der Waals surface area contributed by atoms with Gasteiger partial charge in [0.25, 0.3) is 0 Å². The molecule has 0 aliphatic carbocycles. The first-order valence-corrected chi connectivity index (χ1v) is 8.71. The van der Waals surface area contributed by atoms with Crippen LogP contribution in [0.5, 0.6) is 0 Å². The molecule has 1 aromatic carbocycles. The highest BCUT2D eigenvalue weighted by molar-refractivity contribution is 5.91. The Morgan fingerprint density at radius 3 is 2.87 bits per heavy atom. The van der Waals surface area contributed by atoms with Crippen LogP contribution in [0, 0.1) is 5.41 Å². The fourth-order valence-electron chi connectivity index (χ4n) is 4.37. The van der Waals surface area contributed by atoms with Crippen molar-refractivity contribution in [1.29, 1.82) is 0 Å². The Kier molecular flexibility index (Phi) is 3.33. The standard InChI is InChI=1S/C20H24N2O/c1-3-20-11-6-13-22(19(20)23)14-10-16-15-7-4-5-8-17(15)21(2)18(16)9-12-20/h4-5,7-9,12H,3,6,10-11,13-14H2,1-2H3/b12-9-/t20-/m0/s1. The van der Waals surface area contributed by atoms with E-state index in [1.807, 2.05) is 0 Å². The van der Waals surface area contributed by atoms with Crippen molar-refractivity contribution < 1.29 is 4.79 Å². The van der Waals surface area contributed by atoms with E-state index in [0.29, 0.717) is 5.91 Å². The van der Waals surface area contributed by atoms with E-state index < -0.39 is 0 Å². The number of hydrogen-bond donors (Lipinski definition) is 0. The predicted molar refractivity (Wildman–Crippen MR) is 94.2 cm³/mol. The number of aromatic nitrogens is 1. The smallest absolute Gasteiger partial charge is 0.232 e. The second-order valence-electron chi connectivity index (χ2n) is 6.93. The van der Waals surface area contributed by atoms with E-state index in [4.69, 9.17) is 0 Å². The monoisotopic (exact) mass is 308 g/mol. The minimum Gasteiger partial charge on any atom is -0.344 e. The Labute approximate surface area is 137 Å². The van der Waals surface area contributed by atoms with Crippen LogP contribution in [0.15, 0.2) is 30.3 Å². The topological polar surface area (TPSA) is 25.2 Å². The highest BCUT2D eigenvalue weighted by Gasteiger charge is 2.40. The Morgan fingerprint density at radius 2 is 2.04 bits per heavy atom. The van der Waals surface area contributed by atoms with Crippen LogP contribution >= 0.6 is 0 Å². The summed E-state index contributed by atoms with van der Waals surface area (Å²) >= 11 is 0. The van der Waals surface area contributed by atoms with Crippen LogP contribution < -0.4 is 0 Å². The first kappa shape index (κ1) is 14.6. The van der Waals surface area contributed by atoms with Gasteiger partial charge in [-0.2, -0.15) is 0 Å². The van der Waals surface area contributed by atoms with Crippen molar-refractivity contribution in [2.24, 2.45) is 12.5 Å². The van der Waals surface area contributed by atoms with Gasteiger partial charge in [-0.25, -0.2) is 0 Å². The molecule has 3 nitrogen and oxygen atoms in total. The van der Waals surface area contributed by atoms with Gasteiger partial charge >= 0.3 is 0 Å². The SMILES string of the molecule is CC[C@@]12/C=C\c3c(c4ccccc4n3C)CCN(CCC1)C2=O. The molecule has 2 aliphatic heterocycles. The molecular formula is C20H24N2O. The lowest BCUT2D eigenvalue weighted by Crippen LogP contribution is -2.48. The minimum atomic E-state index is -0.295. The van der Waals surface area contributed by atoms with Gasteiger partial charge in [0.15, 0.2) is 0 Å². The Hall–Kier alpha value is -2.03. The zero-order valence-electron chi connectivity index (χ0n) is 14.0. The van der Waals surface area contributed by atoms with E-state index >= 15 is 0 Å². The van der Waals surface area contributed by atoms with Crippen molar-refractivity contribution >= 4 is 22.9 Å². The summed E-state index contributed by atoms with van der Waals surface area (Å²) in [4.78, 5) is 15.1. The maximum Gasteiger partial charge on any atom is 0.232 e. The Balaban J connectivity index is 1.92. The third-order valence-corrected chi connectivity index (χ3v) is 5.85. The number of carbonyl (C=O) groups is 1. The zero-order valence-corrected chi connectivity index (χ0v) is 14.0. The summed E-state index contributed by atoms with van der Waals surface area (Å²) in [6.07, 6.45) is 8.33. The fraction of sp³-hybridized carbons (Fsp3) is 0.450. The lowest BCUT2D eigenvalue weighted by atomic mass is 9.76. The number of para-hydroxylation sites is 1. The second-order valence-corrected chi connectivity index (χ2v) is 6.93. The first-order chi connectivity index (χ1) is 11.2. The van der Waals surface area contributed by atoms with Gasteiger partial charge in [-0.15, -0.1) is 0 Å². The first-order valence-electron chi connectivity index (χ1n) is 8.71. The molecule has 0 radical (unpaired) electrons. The summed E-state index contributed by atoms with van der Waals surface area (Å²) in [5.74, 6) is 0.333. The van der Waals surface area contributed by atoms with Crippen LogP contribution in [-0.4, -0.2) is 28.5 Å². The highest BCUT2D eigenvalue weighted by atomic mass is 16.2. The van der Waals surface area contributed by atoms with Gasteiger partial charge in [0, 0.05) is 36.7 Å². The molecule has 3 heteroatoms. The molecule has 1 aromatic heterocycles. The number of amides is 1. The quantitative estimate of drug-likeness (QED) is 0.787. The lowest BCUT2D eigenvalue weighted by Gasteiger charge is -2.39. The number of hydrogen-bond acceptors (Lipinski definition) is 1. The number of piperidine rings is 1. The average molecular weight is 308 g/mol. The average Bonchev–Trinajstić information content (AvgIpc) is 2.85. The van der Waals surface area contributed by atoms with Crippen LogP contribution in [0.1, 0.15) is 37.4 Å². The van der Waals surface area contributed by atoms with Crippen molar-refractivity contribution in [2.75, 3.05) is 13.1 Å². The number of nitrogens with zero attached hydrogens (tertiary/aromatic N) is 2. The molecule has 120 valence electrons. The van der Waals surface area contributed by atoms with E-state index in [9.17, 15) is 4.79 Å². The number of aryl methyl sites for hydroxylation is 1. The maximum absolute atomic E-state index is 13.0. The van der Waals surface area contributed by atoms with Crippen LogP contribution in [0.4, 0.5) is 0 Å². The molecule has 2 bridgehead atoms. The van der Waals surface area contributed by atoms with Gasteiger partial charge in [-0.1, -0.05) is 31.2 Å². The summed E-state index contributed by atoms with van der Waals surface area (Å²) in [5, 5.41) is 1.32. The third kappa shape index (κ3) is 2.06. The molecule has 2 aliphatic rings. The highest BCUT2D eigenvalue weighted by Crippen LogP contribution is 2.39. The number of carbonyl (C=O) groups excluding carboxylic acids is 1. The van der Waals surface area contributed by atoms with Gasteiger partial charge in [0.05, 0.1) is 5.41 Å². The minimum absolute atomic E-state index is 0.295. The van der Waals surface area contributed by atoms with Crippen molar-refractivity contribution in [2.45, 2.75) is 32.6 Å². The predicted octanol–water partition coefficient (Wildman–Crippen LogP) is 3.77. The fourth-order valence-corrected chi connectivity index (χ4v) is 4.37. The molecule has 0 N–H and O–H groups in total. The molecular weight excluding hydrogens is 284 g/mol. The summed E-state index contributed by atoms with van der Waals surface area (Å²) < 4.78 is 2.28. The summed E-state index contributed by atoms with van der Waals surface area (Å²) in [6, 6.07) is 8.60. The van der Waals surface area contributed by atoms with E-state index in [0.717, 1.165) is 38.8 Å². The molecule has 0 spiro atoms. The Morgan fingerprint density at radius 1 is 1.22 bits per heavy atom. The molecule has 3 heterocycles. The normalized spacial score (nSPS) is 25.7. The third-order valence-electron chi connectivity index (χ3n) is 5.85. The van der Waals surface area contributed by atoms with Gasteiger partial charge in [0.1, 0.15) is 0 Å². The maximum atomic E-state index is 13.0. The largest absolute Gasteiger partial charge is 0.344 e. The number of rotatable bonds is 1.